The number of fused-ring (bicyclic) bond motifs is 1. The number of amides is 3. The lowest BCUT2D eigenvalue weighted by molar-refractivity contribution is 0.0693. The van der Waals surface area contributed by atoms with E-state index in [0.29, 0.717) is 17.7 Å². The van der Waals surface area contributed by atoms with E-state index in [2.05, 4.69) is 29.3 Å². The maximum atomic E-state index is 12.5. The van der Waals surface area contributed by atoms with Crippen LogP contribution in [0.25, 0.3) is 0 Å². The second-order valence-electron chi connectivity index (χ2n) is 8.39. The average Bonchev–Trinajstić information content (AvgIpc) is 2.98. The third kappa shape index (κ3) is 4.14. The molecule has 2 aliphatic heterocycles. The van der Waals surface area contributed by atoms with Gasteiger partial charge in [0, 0.05) is 25.7 Å². The van der Waals surface area contributed by atoms with Gasteiger partial charge < -0.3 is 5.32 Å². The number of imide groups is 1. The average molecular weight is 405 g/mol. The molecule has 0 unspecified atom stereocenters. The molecule has 2 heterocycles. The van der Waals surface area contributed by atoms with E-state index in [0.717, 1.165) is 36.0 Å². The fourth-order valence-electron chi connectivity index (χ4n) is 4.03. The van der Waals surface area contributed by atoms with Crippen LogP contribution < -0.4 is 5.32 Å². The van der Waals surface area contributed by atoms with Gasteiger partial charge in [-0.2, -0.15) is 0 Å². The first-order chi connectivity index (χ1) is 14.4. The molecule has 6 nitrogen and oxygen atoms in total. The summed E-state index contributed by atoms with van der Waals surface area (Å²) in [6.45, 7) is 6.01. The minimum absolute atomic E-state index is 0.265. The van der Waals surface area contributed by atoms with Crippen LogP contribution in [0.4, 0.5) is 0 Å². The van der Waals surface area contributed by atoms with Crippen molar-refractivity contribution in [3.05, 3.63) is 70.3 Å². The number of nitrogens with zero attached hydrogens (tertiary/aromatic N) is 2. The first-order valence-corrected chi connectivity index (χ1v) is 10.5. The van der Waals surface area contributed by atoms with E-state index in [1.165, 1.54) is 31.5 Å². The summed E-state index contributed by atoms with van der Waals surface area (Å²) >= 11 is 0. The highest BCUT2D eigenvalue weighted by Crippen LogP contribution is 2.23. The van der Waals surface area contributed by atoms with Crippen molar-refractivity contribution in [3.63, 3.8) is 0 Å². The van der Waals surface area contributed by atoms with Crippen LogP contribution in [0.3, 0.4) is 0 Å². The molecule has 0 saturated carbocycles. The molecule has 2 aromatic carbocycles. The molecule has 0 aromatic heterocycles. The molecule has 0 atom stereocenters. The van der Waals surface area contributed by atoms with Gasteiger partial charge >= 0.3 is 0 Å². The van der Waals surface area contributed by atoms with Gasteiger partial charge in [-0.25, -0.2) is 0 Å². The van der Waals surface area contributed by atoms with Crippen LogP contribution in [0.15, 0.2) is 42.5 Å². The Balaban J connectivity index is 1.33. The molecule has 0 radical (unpaired) electrons. The number of carbonyl (C=O) groups is 3. The predicted molar refractivity (Wildman–Crippen MR) is 114 cm³/mol. The number of rotatable bonds is 5. The van der Waals surface area contributed by atoms with E-state index >= 15 is 0 Å². The summed E-state index contributed by atoms with van der Waals surface area (Å²) in [6, 6.07) is 13.0. The largest absolute Gasteiger partial charge is 0.348 e. The van der Waals surface area contributed by atoms with Crippen molar-refractivity contribution in [3.8, 4) is 0 Å². The van der Waals surface area contributed by atoms with Gasteiger partial charge in [0.1, 0.15) is 0 Å². The molecule has 3 amide bonds. The highest BCUT2D eigenvalue weighted by Gasteiger charge is 2.33. The van der Waals surface area contributed by atoms with Crippen molar-refractivity contribution in [1.29, 1.82) is 0 Å². The Morgan fingerprint density at radius 2 is 1.60 bits per heavy atom. The van der Waals surface area contributed by atoms with Crippen molar-refractivity contribution in [2.45, 2.75) is 32.9 Å². The minimum Gasteiger partial charge on any atom is -0.348 e. The monoisotopic (exact) mass is 405 g/mol. The van der Waals surface area contributed by atoms with E-state index in [4.69, 9.17) is 0 Å². The Morgan fingerprint density at radius 3 is 2.30 bits per heavy atom. The summed E-state index contributed by atoms with van der Waals surface area (Å²) in [7, 11) is 1.44. The van der Waals surface area contributed by atoms with Gasteiger partial charge in [0.05, 0.1) is 11.1 Å². The second kappa shape index (κ2) is 8.40. The molecular formula is C24H27N3O3. The Hall–Kier alpha value is -2.99. The third-order valence-electron chi connectivity index (χ3n) is 6.11. The van der Waals surface area contributed by atoms with Gasteiger partial charge in [0.15, 0.2) is 0 Å². The standard InChI is InChI=1S/C24H27N3O3/c1-16-9-11-27(12-10-16)15-18-5-3-17(4-6-18)14-25-22(28)19-7-8-20-21(13-19)24(30)26(2)23(20)29/h3-8,13,16H,9-12,14-15H2,1-2H3,(H,25,28). The molecule has 2 aliphatic rings. The number of carbonyl (C=O) groups excluding carboxylic acids is 3. The minimum atomic E-state index is -0.372. The number of hydrogen-bond acceptors (Lipinski definition) is 4. The van der Waals surface area contributed by atoms with E-state index < -0.39 is 0 Å². The van der Waals surface area contributed by atoms with Gasteiger partial charge in [0.2, 0.25) is 0 Å². The number of hydrogen-bond donors (Lipinski definition) is 1. The quantitative estimate of drug-likeness (QED) is 0.777. The molecule has 1 N–H and O–H groups in total. The number of likely N-dealkylation sites (tertiary alicyclic amines) is 1. The summed E-state index contributed by atoms with van der Waals surface area (Å²) in [6.07, 6.45) is 2.53. The summed E-state index contributed by atoms with van der Waals surface area (Å²) in [5.74, 6) is -0.138. The molecule has 30 heavy (non-hydrogen) atoms. The maximum Gasteiger partial charge on any atom is 0.261 e. The lowest BCUT2D eigenvalue weighted by atomic mass is 9.99. The van der Waals surface area contributed by atoms with Crippen LogP contribution in [0.1, 0.15) is 62.0 Å². The maximum absolute atomic E-state index is 12.5. The zero-order valence-corrected chi connectivity index (χ0v) is 17.5. The normalized spacial score (nSPS) is 17.3. The van der Waals surface area contributed by atoms with Gasteiger partial charge in [-0.15, -0.1) is 0 Å². The number of nitrogens with one attached hydrogen (secondary N) is 1. The lowest BCUT2D eigenvalue weighted by Gasteiger charge is -2.30. The van der Waals surface area contributed by atoms with Crippen LogP contribution in [0, 0.1) is 5.92 Å². The molecule has 0 aliphatic carbocycles. The molecule has 4 rings (SSSR count). The van der Waals surface area contributed by atoms with Crippen molar-refractivity contribution in [1.82, 2.24) is 15.1 Å². The third-order valence-corrected chi connectivity index (χ3v) is 6.11. The fraction of sp³-hybridized carbons (Fsp3) is 0.375. The second-order valence-corrected chi connectivity index (χ2v) is 8.39. The lowest BCUT2D eigenvalue weighted by Crippen LogP contribution is -2.32. The molecule has 156 valence electrons. The Bertz CT molecular complexity index is 976. The van der Waals surface area contributed by atoms with Crippen molar-refractivity contribution >= 4 is 17.7 Å². The van der Waals surface area contributed by atoms with Crippen LogP contribution in [-0.2, 0) is 13.1 Å². The highest BCUT2D eigenvalue weighted by molar-refractivity contribution is 6.21. The summed E-state index contributed by atoms with van der Waals surface area (Å²) < 4.78 is 0. The van der Waals surface area contributed by atoms with E-state index in [1.54, 1.807) is 12.1 Å². The molecule has 0 spiro atoms. The van der Waals surface area contributed by atoms with Crippen LogP contribution in [-0.4, -0.2) is 47.7 Å². The molecule has 2 aromatic rings. The zero-order chi connectivity index (χ0) is 21.3. The van der Waals surface area contributed by atoms with E-state index in [1.807, 2.05) is 12.1 Å². The van der Waals surface area contributed by atoms with Gasteiger partial charge in [0.25, 0.3) is 17.7 Å². The topological polar surface area (TPSA) is 69.7 Å². The summed E-state index contributed by atoms with van der Waals surface area (Å²) in [5, 5.41) is 2.89. The van der Waals surface area contributed by atoms with Crippen molar-refractivity contribution < 1.29 is 14.4 Å². The van der Waals surface area contributed by atoms with E-state index in [9.17, 15) is 14.4 Å². The summed E-state index contributed by atoms with van der Waals surface area (Å²) in [4.78, 5) is 40.2. The Labute approximate surface area is 176 Å². The SMILES string of the molecule is CC1CCN(Cc2ccc(CNC(=O)c3ccc4c(c3)C(=O)N(C)C4=O)cc2)CC1. The van der Waals surface area contributed by atoms with Crippen LogP contribution >= 0.6 is 0 Å². The zero-order valence-electron chi connectivity index (χ0n) is 17.5. The van der Waals surface area contributed by atoms with Gasteiger partial charge in [-0.05, 0) is 61.2 Å². The fourth-order valence-corrected chi connectivity index (χ4v) is 4.03. The molecule has 1 fully saturated rings. The van der Waals surface area contributed by atoms with E-state index in [-0.39, 0.29) is 23.3 Å². The number of piperidine rings is 1. The van der Waals surface area contributed by atoms with Crippen molar-refractivity contribution in [2.75, 3.05) is 20.1 Å². The van der Waals surface area contributed by atoms with Gasteiger partial charge in [-0.3, -0.25) is 24.2 Å². The van der Waals surface area contributed by atoms with Gasteiger partial charge in [-0.1, -0.05) is 31.2 Å². The highest BCUT2D eigenvalue weighted by atomic mass is 16.2. The molecule has 0 bridgehead atoms. The first kappa shape index (κ1) is 20.3. The molecular weight excluding hydrogens is 378 g/mol. The molecule has 6 heteroatoms. The summed E-state index contributed by atoms with van der Waals surface area (Å²) in [5.41, 5.74) is 3.31. The molecule has 1 saturated heterocycles. The Morgan fingerprint density at radius 1 is 0.967 bits per heavy atom. The smallest absolute Gasteiger partial charge is 0.261 e. The first-order valence-electron chi connectivity index (χ1n) is 10.5. The number of benzene rings is 2. The van der Waals surface area contributed by atoms with Crippen LogP contribution in [0.2, 0.25) is 0 Å². The predicted octanol–water partition coefficient (Wildman–Crippen LogP) is 3.07. The van der Waals surface area contributed by atoms with Crippen LogP contribution in [0.5, 0.6) is 0 Å². The Kier molecular flexibility index (Phi) is 5.68. The van der Waals surface area contributed by atoms with Crippen molar-refractivity contribution in [2.24, 2.45) is 5.92 Å².